The highest BCUT2D eigenvalue weighted by atomic mass is 35.5. The molecular formula is C18H16Cl2N2O2. The van der Waals surface area contributed by atoms with Crippen molar-refractivity contribution in [2.24, 2.45) is 5.92 Å². The summed E-state index contributed by atoms with van der Waals surface area (Å²) in [7, 11) is 0. The van der Waals surface area contributed by atoms with Gasteiger partial charge in [-0.2, -0.15) is 4.98 Å². The molecule has 0 radical (unpaired) electrons. The molecule has 0 spiro atoms. The first-order chi connectivity index (χ1) is 11.5. The molecule has 4 nitrogen and oxygen atoms in total. The van der Waals surface area contributed by atoms with Crippen LogP contribution >= 0.6 is 23.2 Å². The van der Waals surface area contributed by atoms with E-state index in [0.29, 0.717) is 32.8 Å². The lowest BCUT2D eigenvalue weighted by Crippen LogP contribution is -2.10. The van der Waals surface area contributed by atoms with Crippen molar-refractivity contribution in [2.45, 2.75) is 20.3 Å². The van der Waals surface area contributed by atoms with Gasteiger partial charge in [0.05, 0.1) is 15.7 Å². The number of halogens is 2. The minimum atomic E-state index is -0.0380. The maximum absolute atomic E-state index is 12.0. The lowest BCUT2D eigenvalue weighted by Gasteiger charge is -2.06. The van der Waals surface area contributed by atoms with Crippen molar-refractivity contribution in [3.05, 3.63) is 52.0 Å². The molecule has 0 saturated heterocycles. The number of fused-ring (bicyclic) bond motifs is 1. The highest BCUT2D eigenvalue weighted by molar-refractivity contribution is 6.35. The van der Waals surface area contributed by atoms with Crippen LogP contribution in [0.4, 0.5) is 11.7 Å². The molecule has 3 rings (SSSR count). The summed E-state index contributed by atoms with van der Waals surface area (Å²) in [6.45, 7) is 3.74. The van der Waals surface area contributed by atoms with E-state index < -0.39 is 0 Å². The van der Waals surface area contributed by atoms with Crippen LogP contribution in [-0.2, 0) is 11.2 Å². The van der Waals surface area contributed by atoms with E-state index in [2.05, 4.69) is 10.3 Å². The highest BCUT2D eigenvalue weighted by Gasteiger charge is 2.16. The number of hydrogen-bond acceptors (Lipinski definition) is 4. The number of rotatable bonds is 5. The summed E-state index contributed by atoms with van der Waals surface area (Å²) in [5.74, 6) is 0.0918. The number of aromatic nitrogens is 1. The Morgan fingerprint density at radius 3 is 2.67 bits per heavy atom. The molecule has 6 heteroatoms. The van der Waals surface area contributed by atoms with E-state index in [-0.39, 0.29) is 18.1 Å². The molecule has 124 valence electrons. The number of nitrogens with one attached hydrogen (secondary N) is 1. The molecule has 0 amide bonds. The molecule has 0 bridgehead atoms. The first-order valence-electron chi connectivity index (χ1n) is 7.58. The Balaban J connectivity index is 1.92. The Morgan fingerprint density at radius 2 is 1.96 bits per heavy atom. The number of ketones is 1. The third kappa shape index (κ3) is 3.40. The van der Waals surface area contributed by atoms with Crippen LogP contribution in [0.25, 0.3) is 11.1 Å². The normalized spacial score (nSPS) is 11.2. The number of anilines is 2. The van der Waals surface area contributed by atoms with Crippen molar-refractivity contribution >= 4 is 51.8 Å². The van der Waals surface area contributed by atoms with Crippen LogP contribution in [0.15, 0.2) is 40.8 Å². The molecule has 2 aromatic carbocycles. The average Bonchev–Trinajstić information content (AvgIpc) is 2.96. The second-order valence-corrected chi connectivity index (χ2v) is 6.59. The van der Waals surface area contributed by atoms with Crippen LogP contribution in [0.2, 0.25) is 10.0 Å². The molecule has 1 heterocycles. The first-order valence-corrected chi connectivity index (χ1v) is 8.33. The van der Waals surface area contributed by atoms with E-state index in [1.54, 1.807) is 12.1 Å². The quantitative estimate of drug-likeness (QED) is 0.637. The summed E-state index contributed by atoms with van der Waals surface area (Å²) < 4.78 is 5.72. The molecule has 1 aromatic heterocycles. The van der Waals surface area contributed by atoms with Crippen LogP contribution in [0.3, 0.4) is 0 Å². The van der Waals surface area contributed by atoms with Gasteiger partial charge in [-0.05, 0) is 23.8 Å². The number of nitrogens with zero attached hydrogens (tertiary/aromatic N) is 1. The monoisotopic (exact) mass is 362 g/mol. The van der Waals surface area contributed by atoms with Crippen molar-refractivity contribution in [2.75, 3.05) is 5.32 Å². The number of oxazole rings is 1. The van der Waals surface area contributed by atoms with Crippen LogP contribution < -0.4 is 5.32 Å². The minimum absolute atomic E-state index is 0.0380. The highest BCUT2D eigenvalue weighted by Crippen LogP contribution is 2.32. The lowest BCUT2D eigenvalue weighted by atomic mass is 10.0. The van der Waals surface area contributed by atoms with Gasteiger partial charge < -0.3 is 9.73 Å². The zero-order valence-corrected chi connectivity index (χ0v) is 14.8. The van der Waals surface area contributed by atoms with Gasteiger partial charge in [-0.15, -0.1) is 0 Å². The lowest BCUT2D eigenvalue weighted by molar-refractivity contribution is -0.121. The predicted octanol–water partition coefficient (Wildman–Crippen LogP) is 5.65. The van der Waals surface area contributed by atoms with Crippen molar-refractivity contribution < 1.29 is 9.21 Å². The van der Waals surface area contributed by atoms with Gasteiger partial charge in [-0.25, -0.2) is 0 Å². The summed E-state index contributed by atoms with van der Waals surface area (Å²) in [5, 5.41) is 4.01. The third-order valence-corrected chi connectivity index (χ3v) is 4.45. The van der Waals surface area contributed by atoms with Gasteiger partial charge in [0.2, 0.25) is 0 Å². The maximum atomic E-state index is 12.0. The van der Waals surface area contributed by atoms with Gasteiger partial charge in [0.15, 0.2) is 5.58 Å². The topological polar surface area (TPSA) is 55.1 Å². The molecule has 0 atom stereocenters. The van der Waals surface area contributed by atoms with Gasteiger partial charge in [-0.1, -0.05) is 55.2 Å². The van der Waals surface area contributed by atoms with Crippen molar-refractivity contribution in [1.29, 1.82) is 0 Å². The van der Waals surface area contributed by atoms with E-state index in [4.69, 9.17) is 27.6 Å². The van der Waals surface area contributed by atoms with Crippen LogP contribution in [0.1, 0.15) is 19.4 Å². The number of carbonyl (C=O) groups is 1. The maximum Gasteiger partial charge on any atom is 0.300 e. The molecule has 0 saturated carbocycles. The average molecular weight is 363 g/mol. The molecule has 0 aliphatic carbocycles. The molecule has 1 N–H and O–H groups in total. The van der Waals surface area contributed by atoms with Gasteiger partial charge in [0, 0.05) is 12.3 Å². The van der Waals surface area contributed by atoms with Crippen LogP contribution in [0, 0.1) is 5.92 Å². The number of para-hydroxylation sites is 1. The van der Waals surface area contributed by atoms with Gasteiger partial charge >= 0.3 is 0 Å². The van der Waals surface area contributed by atoms with Crippen LogP contribution in [-0.4, -0.2) is 10.8 Å². The summed E-state index contributed by atoms with van der Waals surface area (Å²) in [6.07, 6.45) is 0.278. The van der Waals surface area contributed by atoms with Gasteiger partial charge in [-0.3, -0.25) is 4.79 Å². The third-order valence-electron chi connectivity index (χ3n) is 3.70. The zero-order chi connectivity index (χ0) is 17.3. The Morgan fingerprint density at radius 1 is 1.21 bits per heavy atom. The number of carbonyl (C=O) groups excluding carboxylic acids is 1. The largest absolute Gasteiger partial charge is 0.422 e. The molecule has 0 fully saturated rings. The van der Waals surface area contributed by atoms with Crippen LogP contribution in [0.5, 0.6) is 0 Å². The van der Waals surface area contributed by atoms with E-state index in [1.807, 2.05) is 38.1 Å². The van der Waals surface area contributed by atoms with E-state index in [1.165, 1.54) is 0 Å². The Labute approximate surface area is 149 Å². The fourth-order valence-electron chi connectivity index (χ4n) is 2.26. The summed E-state index contributed by atoms with van der Waals surface area (Å²) in [5.41, 5.74) is 2.51. The molecule has 24 heavy (non-hydrogen) atoms. The van der Waals surface area contributed by atoms with E-state index in [9.17, 15) is 4.79 Å². The number of benzene rings is 2. The van der Waals surface area contributed by atoms with E-state index >= 15 is 0 Å². The predicted molar refractivity (Wildman–Crippen MR) is 97.3 cm³/mol. The number of Topliss-reactive ketones (excluding diaryl/α,β-unsaturated/α-hetero) is 1. The molecule has 0 aliphatic rings. The molecular weight excluding hydrogens is 347 g/mol. The van der Waals surface area contributed by atoms with Crippen molar-refractivity contribution in [3.8, 4) is 0 Å². The fraction of sp³-hybridized carbons (Fsp3) is 0.222. The second-order valence-electron chi connectivity index (χ2n) is 5.81. The first kappa shape index (κ1) is 16.8. The summed E-state index contributed by atoms with van der Waals surface area (Å²) >= 11 is 12.5. The molecule has 0 aliphatic heterocycles. The van der Waals surface area contributed by atoms with Crippen molar-refractivity contribution in [1.82, 2.24) is 4.98 Å². The van der Waals surface area contributed by atoms with E-state index in [0.717, 1.165) is 5.56 Å². The second kappa shape index (κ2) is 6.83. The minimum Gasteiger partial charge on any atom is -0.422 e. The number of hydrogen-bond donors (Lipinski definition) is 1. The van der Waals surface area contributed by atoms with Gasteiger partial charge in [0.1, 0.15) is 11.3 Å². The Hall–Kier alpha value is -2.04. The standard InChI is InChI=1S/C18H16Cl2N2O2/c1-10(2)15(23)9-11-7-8-14-17(16(11)20)24-18(22-14)21-13-6-4-3-5-12(13)19/h3-8,10H,9H2,1-2H3,(H,21,22). The Bertz CT molecular complexity index is 903. The molecule has 0 unspecified atom stereocenters. The van der Waals surface area contributed by atoms with Gasteiger partial charge in [0.25, 0.3) is 6.01 Å². The Kier molecular flexibility index (Phi) is 4.78. The summed E-state index contributed by atoms with van der Waals surface area (Å²) in [6, 6.07) is 11.2. The summed E-state index contributed by atoms with van der Waals surface area (Å²) in [4.78, 5) is 16.3. The SMILES string of the molecule is CC(C)C(=O)Cc1ccc2nc(Nc3ccccc3Cl)oc2c1Cl. The smallest absolute Gasteiger partial charge is 0.300 e. The fourth-order valence-corrected chi connectivity index (χ4v) is 2.71. The zero-order valence-electron chi connectivity index (χ0n) is 13.3. The van der Waals surface area contributed by atoms with Crippen molar-refractivity contribution in [3.63, 3.8) is 0 Å². The molecule has 3 aromatic rings.